The summed E-state index contributed by atoms with van der Waals surface area (Å²) in [4.78, 5) is 11.8. The number of methoxy groups -OCH3 is 1. The number of anilines is 1. The maximum absolute atomic E-state index is 11.8. The molecule has 0 aliphatic rings. The highest BCUT2D eigenvalue weighted by Crippen LogP contribution is 2.27. The third-order valence-electron chi connectivity index (χ3n) is 3.18. The Kier molecular flexibility index (Phi) is 6.10. The molecule has 2 rings (SSSR count). The largest absolute Gasteiger partial charge is 0.495 e. The Labute approximate surface area is 135 Å². The zero-order valence-electron chi connectivity index (χ0n) is 12.4. The van der Waals surface area contributed by atoms with E-state index in [-0.39, 0.29) is 12.5 Å². The highest BCUT2D eigenvalue weighted by Gasteiger charge is 2.06. The minimum absolute atomic E-state index is 0.0713. The van der Waals surface area contributed by atoms with E-state index in [1.165, 1.54) is 5.56 Å². The first kappa shape index (κ1) is 16.2. The van der Waals surface area contributed by atoms with Crippen LogP contribution in [0.2, 0.25) is 5.02 Å². The molecule has 0 atom stereocenters. The molecule has 0 heterocycles. The Hall–Kier alpha value is -2.20. The van der Waals surface area contributed by atoms with Crippen molar-refractivity contribution in [2.75, 3.05) is 25.5 Å². The van der Waals surface area contributed by atoms with E-state index in [4.69, 9.17) is 16.3 Å². The quantitative estimate of drug-likeness (QED) is 0.824. The number of carbonyl (C=O) groups is 1. The fraction of sp³-hybridized carbons (Fsp3) is 0.235. The van der Waals surface area contributed by atoms with Crippen LogP contribution >= 0.6 is 11.6 Å². The Morgan fingerprint density at radius 1 is 1.18 bits per heavy atom. The molecule has 0 unspecified atom stereocenters. The van der Waals surface area contributed by atoms with Crippen molar-refractivity contribution in [3.05, 3.63) is 59.1 Å². The predicted molar refractivity (Wildman–Crippen MR) is 89.6 cm³/mol. The van der Waals surface area contributed by atoms with Crippen LogP contribution in [-0.4, -0.2) is 26.1 Å². The summed E-state index contributed by atoms with van der Waals surface area (Å²) in [5.74, 6) is 0.583. The van der Waals surface area contributed by atoms with Gasteiger partial charge in [0.25, 0.3) is 0 Å². The lowest BCUT2D eigenvalue weighted by molar-refractivity contribution is -0.119. The van der Waals surface area contributed by atoms with Gasteiger partial charge < -0.3 is 15.4 Å². The molecule has 2 aromatic rings. The molecule has 116 valence electrons. The molecule has 0 saturated carbocycles. The summed E-state index contributed by atoms with van der Waals surface area (Å²) in [5, 5.41) is 6.50. The monoisotopic (exact) mass is 318 g/mol. The fourth-order valence-corrected chi connectivity index (χ4v) is 2.22. The van der Waals surface area contributed by atoms with Crippen LogP contribution in [0, 0.1) is 0 Å². The van der Waals surface area contributed by atoms with Crippen LogP contribution in [0.4, 0.5) is 5.69 Å². The predicted octanol–water partition coefficient (Wildman–Crippen LogP) is 3.12. The molecule has 0 fully saturated rings. The number of rotatable bonds is 7. The van der Waals surface area contributed by atoms with Crippen LogP contribution in [0.3, 0.4) is 0 Å². The van der Waals surface area contributed by atoms with Crippen LogP contribution in [0.5, 0.6) is 5.75 Å². The van der Waals surface area contributed by atoms with Crippen molar-refractivity contribution in [2.45, 2.75) is 6.42 Å². The Balaban J connectivity index is 1.77. The number of benzene rings is 2. The van der Waals surface area contributed by atoms with Gasteiger partial charge in [0.05, 0.1) is 19.3 Å². The number of nitrogens with one attached hydrogen (secondary N) is 2. The normalized spacial score (nSPS) is 10.1. The van der Waals surface area contributed by atoms with E-state index in [9.17, 15) is 4.79 Å². The van der Waals surface area contributed by atoms with Crippen LogP contribution in [0.15, 0.2) is 48.5 Å². The first-order chi connectivity index (χ1) is 10.7. The zero-order chi connectivity index (χ0) is 15.8. The van der Waals surface area contributed by atoms with Gasteiger partial charge in [-0.05, 0) is 30.2 Å². The summed E-state index contributed by atoms with van der Waals surface area (Å²) in [6, 6.07) is 15.3. The summed E-state index contributed by atoms with van der Waals surface area (Å²) in [7, 11) is 1.58. The van der Waals surface area contributed by atoms with Gasteiger partial charge in [0.2, 0.25) is 5.91 Å². The van der Waals surface area contributed by atoms with Crippen molar-refractivity contribution in [2.24, 2.45) is 0 Å². The number of hydrogen-bond donors (Lipinski definition) is 2. The third kappa shape index (κ3) is 4.97. The summed E-state index contributed by atoms with van der Waals surface area (Å²) in [6.07, 6.45) is 0.813. The van der Waals surface area contributed by atoms with Crippen LogP contribution in [0.25, 0.3) is 0 Å². The maximum Gasteiger partial charge on any atom is 0.239 e. The van der Waals surface area contributed by atoms with Gasteiger partial charge in [-0.1, -0.05) is 41.9 Å². The summed E-state index contributed by atoms with van der Waals surface area (Å²) in [5.41, 5.74) is 1.90. The molecule has 1 amide bonds. The standard InChI is InChI=1S/C17H19ClN2O2/c1-22-16-8-7-14(18)11-15(16)20-12-17(21)19-10-9-13-5-3-2-4-6-13/h2-8,11,20H,9-10,12H2,1H3,(H,19,21). The first-order valence-corrected chi connectivity index (χ1v) is 7.45. The van der Waals surface area contributed by atoms with E-state index in [0.29, 0.717) is 23.0 Å². The lowest BCUT2D eigenvalue weighted by Gasteiger charge is -2.11. The van der Waals surface area contributed by atoms with E-state index in [0.717, 1.165) is 6.42 Å². The summed E-state index contributed by atoms with van der Waals surface area (Å²) < 4.78 is 5.22. The first-order valence-electron chi connectivity index (χ1n) is 7.07. The lowest BCUT2D eigenvalue weighted by atomic mass is 10.1. The third-order valence-corrected chi connectivity index (χ3v) is 3.41. The van der Waals surface area contributed by atoms with Crippen molar-refractivity contribution in [1.29, 1.82) is 0 Å². The molecule has 0 aliphatic heterocycles. The van der Waals surface area contributed by atoms with Gasteiger partial charge in [-0.3, -0.25) is 4.79 Å². The summed E-state index contributed by atoms with van der Waals surface area (Å²) >= 11 is 5.94. The Morgan fingerprint density at radius 3 is 2.68 bits per heavy atom. The van der Waals surface area contributed by atoms with Crippen LogP contribution in [0.1, 0.15) is 5.56 Å². The Morgan fingerprint density at radius 2 is 1.95 bits per heavy atom. The zero-order valence-corrected chi connectivity index (χ0v) is 13.2. The second-order valence-corrected chi connectivity index (χ2v) is 5.22. The van der Waals surface area contributed by atoms with Crippen LogP contribution in [-0.2, 0) is 11.2 Å². The van der Waals surface area contributed by atoms with Gasteiger partial charge in [0.1, 0.15) is 5.75 Å². The van der Waals surface area contributed by atoms with Gasteiger partial charge in [-0.15, -0.1) is 0 Å². The topological polar surface area (TPSA) is 50.4 Å². The van der Waals surface area contributed by atoms with Crippen molar-refractivity contribution >= 4 is 23.2 Å². The second-order valence-electron chi connectivity index (χ2n) is 4.78. The van der Waals surface area contributed by atoms with Crippen molar-refractivity contribution in [3.63, 3.8) is 0 Å². The molecule has 2 aromatic carbocycles. The molecular weight excluding hydrogens is 300 g/mol. The molecular formula is C17H19ClN2O2. The van der Waals surface area contributed by atoms with Crippen molar-refractivity contribution < 1.29 is 9.53 Å². The van der Waals surface area contributed by atoms with Gasteiger partial charge in [0.15, 0.2) is 0 Å². The SMILES string of the molecule is COc1ccc(Cl)cc1NCC(=O)NCCc1ccccc1. The molecule has 0 spiro atoms. The fourth-order valence-electron chi connectivity index (χ4n) is 2.05. The van der Waals surface area contributed by atoms with Gasteiger partial charge in [-0.25, -0.2) is 0 Å². The number of carbonyl (C=O) groups excluding carboxylic acids is 1. The van der Waals surface area contributed by atoms with Gasteiger partial charge in [0, 0.05) is 11.6 Å². The number of amides is 1. The molecule has 0 aliphatic carbocycles. The van der Waals surface area contributed by atoms with E-state index in [1.54, 1.807) is 25.3 Å². The number of hydrogen-bond acceptors (Lipinski definition) is 3. The molecule has 4 nitrogen and oxygen atoms in total. The van der Waals surface area contributed by atoms with Gasteiger partial charge >= 0.3 is 0 Å². The second kappa shape index (κ2) is 8.29. The minimum atomic E-state index is -0.0713. The highest BCUT2D eigenvalue weighted by atomic mass is 35.5. The van der Waals surface area contributed by atoms with Crippen molar-refractivity contribution in [3.8, 4) is 5.75 Å². The van der Waals surface area contributed by atoms with E-state index in [2.05, 4.69) is 10.6 Å². The smallest absolute Gasteiger partial charge is 0.239 e. The van der Waals surface area contributed by atoms with Crippen molar-refractivity contribution in [1.82, 2.24) is 5.32 Å². The minimum Gasteiger partial charge on any atom is -0.495 e. The molecule has 0 saturated heterocycles. The molecule has 2 N–H and O–H groups in total. The lowest BCUT2D eigenvalue weighted by Crippen LogP contribution is -2.31. The maximum atomic E-state index is 11.8. The molecule has 5 heteroatoms. The Bertz CT molecular complexity index is 617. The average molecular weight is 319 g/mol. The molecule has 0 aromatic heterocycles. The number of ether oxygens (including phenoxy) is 1. The number of halogens is 1. The molecule has 0 bridgehead atoms. The van der Waals surface area contributed by atoms with E-state index < -0.39 is 0 Å². The average Bonchev–Trinajstić information content (AvgIpc) is 2.54. The van der Waals surface area contributed by atoms with Crippen LogP contribution < -0.4 is 15.4 Å². The van der Waals surface area contributed by atoms with E-state index >= 15 is 0 Å². The molecule has 22 heavy (non-hydrogen) atoms. The van der Waals surface area contributed by atoms with E-state index in [1.807, 2.05) is 30.3 Å². The molecule has 0 radical (unpaired) electrons. The summed E-state index contributed by atoms with van der Waals surface area (Å²) in [6.45, 7) is 0.780. The highest BCUT2D eigenvalue weighted by molar-refractivity contribution is 6.30. The van der Waals surface area contributed by atoms with Gasteiger partial charge in [-0.2, -0.15) is 0 Å².